The fraction of sp³-hybridized carbons (Fsp3) is 0.0714. The molecule has 3 heterocycles. The molecular formula is C14H7BrClN3S. The van der Waals surface area contributed by atoms with Gasteiger partial charge in [0.15, 0.2) is 0 Å². The maximum atomic E-state index is 6.06. The summed E-state index contributed by atoms with van der Waals surface area (Å²) in [7, 11) is 0. The van der Waals surface area contributed by atoms with Gasteiger partial charge in [0.25, 0.3) is 0 Å². The van der Waals surface area contributed by atoms with Crippen LogP contribution in [0.3, 0.4) is 0 Å². The highest BCUT2D eigenvalue weighted by molar-refractivity contribution is 9.10. The van der Waals surface area contributed by atoms with Crippen molar-refractivity contribution in [1.29, 1.82) is 0 Å². The lowest BCUT2D eigenvalue weighted by molar-refractivity contribution is 1.11. The number of halogens is 2. The molecule has 98 valence electrons. The zero-order valence-electron chi connectivity index (χ0n) is 10.1. The Hall–Kier alpha value is -1.30. The molecule has 0 amide bonds. The first kappa shape index (κ1) is 12.4. The Bertz CT molecular complexity index is 872. The van der Waals surface area contributed by atoms with Crippen LogP contribution in [0.15, 0.2) is 33.0 Å². The monoisotopic (exact) mass is 363 g/mol. The van der Waals surface area contributed by atoms with Gasteiger partial charge in [0.05, 0.1) is 21.4 Å². The number of aliphatic imine (C=N–C) groups is 1. The zero-order valence-corrected chi connectivity index (χ0v) is 13.3. The van der Waals surface area contributed by atoms with Crippen molar-refractivity contribution in [2.45, 2.75) is 6.54 Å². The summed E-state index contributed by atoms with van der Waals surface area (Å²) in [6, 6.07) is 6.28. The first-order valence-electron chi connectivity index (χ1n) is 5.96. The number of benzene rings is 1. The Kier molecular flexibility index (Phi) is 2.87. The van der Waals surface area contributed by atoms with E-state index in [1.165, 1.54) is 5.56 Å². The van der Waals surface area contributed by atoms with Gasteiger partial charge in [-0.3, -0.25) is 4.99 Å². The average molecular weight is 365 g/mol. The summed E-state index contributed by atoms with van der Waals surface area (Å²) < 4.78 is 1.99. The van der Waals surface area contributed by atoms with Gasteiger partial charge in [0.2, 0.25) is 5.28 Å². The van der Waals surface area contributed by atoms with E-state index in [9.17, 15) is 0 Å². The lowest BCUT2D eigenvalue weighted by Crippen LogP contribution is -1.91. The van der Waals surface area contributed by atoms with E-state index in [1.54, 1.807) is 11.3 Å². The molecule has 20 heavy (non-hydrogen) atoms. The van der Waals surface area contributed by atoms with E-state index in [2.05, 4.69) is 49.1 Å². The van der Waals surface area contributed by atoms with Crippen molar-refractivity contribution in [3.63, 3.8) is 0 Å². The quantitative estimate of drug-likeness (QED) is 0.587. The van der Waals surface area contributed by atoms with E-state index in [0.29, 0.717) is 0 Å². The van der Waals surface area contributed by atoms with Crippen LogP contribution in [0, 0.1) is 0 Å². The molecule has 0 bridgehead atoms. The summed E-state index contributed by atoms with van der Waals surface area (Å²) in [5, 5.41) is 2.27. The van der Waals surface area contributed by atoms with E-state index in [1.807, 2.05) is 11.6 Å². The summed E-state index contributed by atoms with van der Waals surface area (Å²) in [5.41, 5.74) is 5.18. The van der Waals surface area contributed by atoms with Crippen LogP contribution < -0.4 is 0 Å². The van der Waals surface area contributed by atoms with Crippen LogP contribution in [0.25, 0.3) is 21.5 Å². The summed E-state index contributed by atoms with van der Waals surface area (Å²) in [5.74, 6) is 0. The Morgan fingerprint density at radius 2 is 2.15 bits per heavy atom. The highest BCUT2D eigenvalue weighted by Crippen LogP contribution is 2.36. The molecule has 0 N–H and O–H groups in total. The van der Waals surface area contributed by atoms with Gasteiger partial charge in [-0.25, -0.2) is 9.97 Å². The molecular weight excluding hydrogens is 358 g/mol. The van der Waals surface area contributed by atoms with Crippen LogP contribution in [-0.4, -0.2) is 16.2 Å². The number of thiophene rings is 1. The van der Waals surface area contributed by atoms with Crippen molar-refractivity contribution in [3.05, 3.63) is 44.5 Å². The standard InChI is InChI=1S/C14H7BrClN3S/c15-10-6-20-13-11(18-14(16)19-12(10)13)7-1-2-8-4-17-5-9(8)3-7/h1-3,5-6H,4H2. The molecule has 3 nitrogen and oxygen atoms in total. The van der Waals surface area contributed by atoms with E-state index in [4.69, 9.17) is 11.6 Å². The normalized spacial score (nSPS) is 13.1. The van der Waals surface area contributed by atoms with Crippen LogP contribution >= 0.6 is 38.9 Å². The lowest BCUT2D eigenvalue weighted by Gasteiger charge is -2.05. The number of rotatable bonds is 1. The Balaban J connectivity index is 2.00. The average Bonchev–Trinajstić information content (AvgIpc) is 3.04. The number of aromatic nitrogens is 2. The molecule has 1 aliphatic heterocycles. The maximum absolute atomic E-state index is 6.06. The SMILES string of the molecule is Clc1nc(-c2ccc3c(c2)C=NC3)c2scc(Br)c2n1. The second-order valence-electron chi connectivity index (χ2n) is 4.49. The Morgan fingerprint density at radius 1 is 1.25 bits per heavy atom. The molecule has 0 saturated carbocycles. The molecule has 0 saturated heterocycles. The summed E-state index contributed by atoms with van der Waals surface area (Å²) in [6.07, 6.45) is 1.91. The van der Waals surface area contributed by atoms with Gasteiger partial charge >= 0.3 is 0 Å². The van der Waals surface area contributed by atoms with Gasteiger partial charge in [0.1, 0.15) is 5.52 Å². The number of fused-ring (bicyclic) bond motifs is 2. The Morgan fingerprint density at radius 3 is 3.05 bits per heavy atom. The minimum Gasteiger partial charge on any atom is -0.288 e. The van der Waals surface area contributed by atoms with Crippen LogP contribution in [0.1, 0.15) is 11.1 Å². The van der Waals surface area contributed by atoms with Gasteiger partial charge in [-0.15, -0.1) is 11.3 Å². The highest BCUT2D eigenvalue weighted by atomic mass is 79.9. The predicted molar refractivity (Wildman–Crippen MR) is 86.9 cm³/mol. The first-order valence-corrected chi connectivity index (χ1v) is 8.01. The maximum Gasteiger partial charge on any atom is 0.223 e. The van der Waals surface area contributed by atoms with Crippen LogP contribution in [-0.2, 0) is 6.54 Å². The molecule has 0 fully saturated rings. The molecule has 0 aliphatic carbocycles. The third kappa shape index (κ3) is 1.89. The topological polar surface area (TPSA) is 38.1 Å². The molecule has 2 aromatic heterocycles. The van der Waals surface area contributed by atoms with Crippen molar-refractivity contribution in [2.24, 2.45) is 4.99 Å². The fourth-order valence-corrected chi connectivity index (χ4v) is 4.05. The third-order valence-electron chi connectivity index (χ3n) is 3.26. The highest BCUT2D eigenvalue weighted by Gasteiger charge is 2.15. The van der Waals surface area contributed by atoms with Crippen molar-refractivity contribution in [3.8, 4) is 11.3 Å². The van der Waals surface area contributed by atoms with E-state index in [-0.39, 0.29) is 5.28 Å². The molecule has 0 spiro atoms. The van der Waals surface area contributed by atoms with Gasteiger partial charge < -0.3 is 0 Å². The number of hydrogen-bond acceptors (Lipinski definition) is 4. The minimum atomic E-state index is 0.265. The van der Waals surface area contributed by atoms with E-state index >= 15 is 0 Å². The zero-order chi connectivity index (χ0) is 13.7. The van der Waals surface area contributed by atoms with Gasteiger partial charge in [-0.05, 0) is 44.7 Å². The molecule has 0 radical (unpaired) electrons. The second-order valence-corrected chi connectivity index (χ2v) is 6.56. The van der Waals surface area contributed by atoms with Crippen molar-refractivity contribution in [2.75, 3.05) is 0 Å². The Labute approximate surface area is 132 Å². The smallest absolute Gasteiger partial charge is 0.223 e. The van der Waals surface area contributed by atoms with Crippen molar-refractivity contribution >= 4 is 55.3 Å². The molecule has 4 rings (SSSR count). The minimum absolute atomic E-state index is 0.265. The molecule has 6 heteroatoms. The van der Waals surface area contributed by atoms with Crippen LogP contribution in [0.4, 0.5) is 0 Å². The molecule has 0 atom stereocenters. The molecule has 3 aromatic rings. The largest absolute Gasteiger partial charge is 0.288 e. The van der Waals surface area contributed by atoms with Gasteiger partial charge in [0, 0.05) is 17.2 Å². The summed E-state index contributed by atoms with van der Waals surface area (Å²) in [4.78, 5) is 13.0. The van der Waals surface area contributed by atoms with E-state index < -0.39 is 0 Å². The molecule has 0 unspecified atom stereocenters. The fourth-order valence-electron chi connectivity index (χ4n) is 2.31. The predicted octanol–water partition coefficient (Wildman–Crippen LogP) is 4.71. The van der Waals surface area contributed by atoms with Crippen LogP contribution in [0.2, 0.25) is 5.28 Å². The molecule has 1 aromatic carbocycles. The van der Waals surface area contributed by atoms with Gasteiger partial charge in [-0.1, -0.05) is 12.1 Å². The third-order valence-corrected chi connectivity index (χ3v) is 5.31. The van der Waals surface area contributed by atoms with Crippen LogP contribution in [0.5, 0.6) is 0 Å². The molecule has 1 aliphatic rings. The van der Waals surface area contributed by atoms with Gasteiger partial charge in [-0.2, -0.15) is 0 Å². The summed E-state index contributed by atoms with van der Waals surface area (Å²) in [6.45, 7) is 0.764. The lowest BCUT2D eigenvalue weighted by atomic mass is 10.0. The number of hydrogen-bond donors (Lipinski definition) is 0. The number of nitrogens with zero attached hydrogens (tertiary/aromatic N) is 3. The first-order chi connectivity index (χ1) is 9.72. The van der Waals surface area contributed by atoms with Crippen molar-refractivity contribution < 1.29 is 0 Å². The van der Waals surface area contributed by atoms with Crippen molar-refractivity contribution in [1.82, 2.24) is 9.97 Å². The van der Waals surface area contributed by atoms with E-state index in [0.717, 1.165) is 38.1 Å². The summed E-state index contributed by atoms with van der Waals surface area (Å²) >= 11 is 11.2. The second kappa shape index (κ2) is 4.62.